The van der Waals surface area contributed by atoms with E-state index in [1.807, 2.05) is 79.4 Å². The van der Waals surface area contributed by atoms with Crippen molar-refractivity contribution in [3.63, 3.8) is 0 Å². The third kappa shape index (κ3) is 13.7. The molecule has 0 unspecified atom stereocenters. The second-order valence-corrected chi connectivity index (χ2v) is 29.0. The van der Waals surface area contributed by atoms with E-state index >= 15 is 0 Å². The summed E-state index contributed by atoms with van der Waals surface area (Å²) < 4.78 is 0. The number of aryl methyl sites for hydroxylation is 4. The lowest BCUT2D eigenvalue weighted by Gasteiger charge is -2.02. The van der Waals surface area contributed by atoms with Crippen molar-refractivity contribution in [1.82, 2.24) is 0 Å². The normalized spacial score (nSPS) is 11.7. The molecule has 0 bridgehead atoms. The number of rotatable bonds is 29. The van der Waals surface area contributed by atoms with Crippen LogP contribution in [0.2, 0.25) is 0 Å². The van der Waals surface area contributed by atoms with Crippen molar-refractivity contribution in [1.29, 1.82) is 0 Å². The molecule has 0 spiro atoms. The summed E-state index contributed by atoms with van der Waals surface area (Å²) in [4.78, 5) is 22.8. The SMILES string of the molecule is CCCCCCc1cc(-c2ccccc2)sc1-c1ccc(-c2ccc(-c3cc(CCCCCC)c(-c4cc(CCCCCC)c(-c5ccc(-c6ccc(-c7sc(-c8ccccc8)cc7CCCCCC)s6)s5)s4)s3)s2)s1. The third-order valence-corrected chi connectivity index (χ3v) is 25.1. The summed E-state index contributed by atoms with van der Waals surface area (Å²) in [7, 11) is 0. The first-order chi connectivity index (χ1) is 37.5. The Labute approximate surface area is 487 Å². The molecule has 0 aliphatic carbocycles. The molecule has 10 rings (SSSR count). The van der Waals surface area contributed by atoms with Crippen LogP contribution in [0, 0.1) is 0 Å². The lowest BCUT2D eigenvalue weighted by atomic mass is 10.0. The van der Waals surface area contributed by atoms with E-state index in [0.29, 0.717) is 0 Å². The smallest absolute Gasteiger partial charge is 0.0481 e. The largest absolute Gasteiger partial charge is 0.134 e. The topological polar surface area (TPSA) is 0 Å². The lowest BCUT2D eigenvalue weighted by molar-refractivity contribution is 0.667. The second-order valence-electron chi connectivity index (χ2n) is 20.5. The number of unbranched alkanes of at least 4 members (excludes halogenated alkanes) is 12. The van der Waals surface area contributed by atoms with E-state index in [4.69, 9.17) is 0 Å². The maximum atomic E-state index is 2.61. The van der Waals surface area contributed by atoms with Crippen LogP contribution in [0.25, 0.3) is 89.2 Å². The van der Waals surface area contributed by atoms with Gasteiger partial charge in [-0.2, -0.15) is 0 Å². The Balaban J connectivity index is 0.930. The van der Waals surface area contributed by atoms with Gasteiger partial charge in [-0.1, -0.05) is 165 Å². The van der Waals surface area contributed by atoms with E-state index in [0.717, 1.165) is 25.7 Å². The van der Waals surface area contributed by atoms with Crippen molar-refractivity contribution >= 4 is 90.7 Å². The predicted octanol–water partition coefficient (Wildman–Crippen LogP) is 25.7. The first-order valence-electron chi connectivity index (χ1n) is 28.5. The molecule has 0 saturated carbocycles. The van der Waals surface area contributed by atoms with Crippen molar-refractivity contribution in [3.05, 3.63) is 156 Å². The standard InChI is InChI=1S/C68H74S8/c1-5-9-13-19-31-49-43-61(47-27-23-17-24-28-47)73-65(49)58-40-37-54(70-58)53-35-36-57(69-53)63-45-51(33-21-15-11-7-3)68(75-63)64-46-52(34-22-16-12-8-4)67(76-64)60-42-39-56(72-60)55-38-41-59(71-55)66-50(32-20-14-10-6-2)44-62(74-66)48-29-25-18-26-30-48/h17-18,23-30,35-46H,5-16,19-22,31-34H2,1-4H3. The van der Waals surface area contributed by atoms with Crippen molar-refractivity contribution in [2.45, 2.75) is 156 Å². The van der Waals surface area contributed by atoms with E-state index in [1.165, 1.54) is 203 Å². The molecule has 76 heavy (non-hydrogen) atoms. The Kier molecular flexibility index (Phi) is 20.2. The van der Waals surface area contributed by atoms with Crippen LogP contribution in [0.1, 0.15) is 153 Å². The fourth-order valence-corrected chi connectivity index (χ4v) is 20.1. The summed E-state index contributed by atoms with van der Waals surface area (Å²) in [6.07, 6.45) is 25.1. The molecule has 394 valence electrons. The first-order valence-corrected chi connectivity index (χ1v) is 35.1. The zero-order valence-corrected chi connectivity index (χ0v) is 51.6. The van der Waals surface area contributed by atoms with Gasteiger partial charge in [-0.05, 0) is 158 Å². The molecule has 8 aromatic heterocycles. The van der Waals surface area contributed by atoms with Crippen LogP contribution in [0.5, 0.6) is 0 Å². The minimum absolute atomic E-state index is 1.14. The van der Waals surface area contributed by atoms with Gasteiger partial charge in [0.2, 0.25) is 0 Å². The highest BCUT2D eigenvalue weighted by atomic mass is 32.1. The monoisotopic (exact) mass is 1150 g/mol. The predicted molar refractivity (Wildman–Crippen MR) is 350 cm³/mol. The van der Waals surface area contributed by atoms with Gasteiger partial charge in [0, 0.05) is 78.0 Å². The summed E-state index contributed by atoms with van der Waals surface area (Å²) in [5.41, 5.74) is 8.78. The average molecular weight is 1150 g/mol. The average Bonchev–Trinajstić information content (AvgIpc) is 4.32. The molecule has 0 radical (unpaired) electrons. The molecule has 10 aromatic rings. The zero-order chi connectivity index (χ0) is 52.1. The zero-order valence-electron chi connectivity index (χ0n) is 45.1. The fraction of sp³-hybridized carbons (Fsp3) is 0.353. The van der Waals surface area contributed by atoms with Crippen LogP contribution >= 0.6 is 90.7 Å². The van der Waals surface area contributed by atoms with Gasteiger partial charge in [0.05, 0.1) is 0 Å². The van der Waals surface area contributed by atoms with Crippen LogP contribution in [-0.4, -0.2) is 0 Å². The van der Waals surface area contributed by atoms with Gasteiger partial charge in [-0.15, -0.1) is 90.7 Å². The molecule has 0 N–H and O–H groups in total. The van der Waals surface area contributed by atoms with Gasteiger partial charge < -0.3 is 0 Å². The molecule has 0 atom stereocenters. The molecule has 0 nitrogen and oxygen atoms in total. The van der Waals surface area contributed by atoms with E-state index in [2.05, 4.69) is 172 Å². The Bertz CT molecular complexity index is 3330. The van der Waals surface area contributed by atoms with Crippen molar-refractivity contribution < 1.29 is 0 Å². The molecular weight excluding hydrogens is 1070 g/mol. The molecular formula is C68H74S8. The van der Waals surface area contributed by atoms with E-state index in [9.17, 15) is 0 Å². The first kappa shape index (κ1) is 55.4. The number of hydrogen-bond acceptors (Lipinski definition) is 8. The Morgan fingerprint density at radius 1 is 0.224 bits per heavy atom. The highest BCUT2D eigenvalue weighted by Gasteiger charge is 2.22. The molecule has 0 aliphatic rings. The van der Waals surface area contributed by atoms with Crippen LogP contribution in [0.3, 0.4) is 0 Å². The van der Waals surface area contributed by atoms with Gasteiger partial charge in [0.15, 0.2) is 0 Å². The Hall–Kier alpha value is -3.96. The summed E-state index contributed by atoms with van der Waals surface area (Å²) in [6.45, 7) is 9.27. The van der Waals surface area contributed by atoms with Crippen LogP contribution < -0.4 is 0 Å². The molecule has 8 heterocycles. The lowest BCUT2D eigenvalue weighted by Crippen LogP contribution is -1.86. The van der Waals surface area contributed by atoms with E-state index in [-0.39, 0.29) is 0 Å². The minimum Gasteiger partial charge on any atom is -0.134 e. The van der Waals surface area contributed by atoms with Gasteiger partial charge >= 0.3 is 0 Å². The van der Waals surface area contributed by atoms with Crippen molar-refractivity contribution in [2.75, 3.05) is 0 Å². The second kappa shape index (κ2) is 27.8. The van der Waals surface area contributed by atoms with E-state index in [1.54, 1.807) is 11.1 Å². The Morgan fingerprint density at radius 2 is 0.487 bits per heavy atom. The highest BCUT2D eigenvalue weighted by molar-refractivity contribution is 7.32. The molecule has 0 fully saturated rings. The summed E-state index contributed by atoms with van der Waals surface area (Å²) >= 11 is 16.0. The summed E-state index contributed by atoms with van der Waals surface area (Å²) in [5.74, 6) is 0. The maximum absolute atomic E-state index is 2.61. The quantitative estimate of drug-likeness (QED) is 0.0410. The highest BCUT2D eigenvalue weighted by Crippen LogP contribution is 2.52. The summed E-state index contributed by atoms with van der Waals surface area (Å²) in [5, 5.41) is 0. The van der Waals surface area contributed by atoms with Gasteiger partial charge in [0.1, 0.15) is 0 Å². The van der Waals surface area contributed by atoms with E-state index < -0.39 is 0 Å². The molecule has 0 amide bonds. The van der Waals surface area contributed by atoms with Gasteiger partial charge in [-0.25, -0.2) is 0 Å². The molecule has 2 aromatic carbocycles. The van der Waals surface area contributed by atoms with Crippen LogP contribution in [0.15, 0.2) is 133 Å². The van der Waals surface area contributed by atoms with Crippen LogP contribution in [-0.2, 0) is 25.7 Å². The van der Waals surface area contributed by atoms with Gasteiger partial charge in [-0.3, -0.25) is 0 Å². The number of benzene rings is 2. The Morgan fingerprint density at radius 3 is 0.842 bits per heavy atom. The maximum Gasteiger partial charge on any atom is 0.0481 e. The minimum atomic E-state index is 1.14. The third-order valence-electron chi connectivity index (χ3n) is 14.6. The van der Waals surface area contributed by atoms with Crippen molar-refractivity contribution in [2.24, 2.45) is 0 Å². The van der Waals surface area contributed by atoms with Crippen LogP contribution in [0.4, 0.5) is 0 Å². The van der Waals surface area contributed by atoms with Crippen molar-refractivity contribution in [3.8, 4) is 89.2 Å². The van der Waals surface area contributed by atoms with Gasteiger partial charge in [0.25, 0.3) is 0 Å². The number of thiophene rings is 8. The molecule has 0 aliphatic heterocycles. The number of hydrogen-bond donors (Lipinski definition) is 0. The summed E-state index contributed by atoms with van der Waals surface area (Å²) in [6, 6.07) is 51.4. The molecule has 8 heteroatoms. The molecule has 0 saturated heterocycles. The fourth-order valence-electron chi connectivity index (χ4n) is 10.4.